The molecule has 2 heterocycles. The van der Waals surface area contributed by atoms with Crippen LogP contribution in [-0.4, -0.2) is 35.0 Å². The van der Waals surface area contributed by atoms with Crippen LogP contribution in [-0.2, 0) is 4.79 Å². The number of methoxy groups -OCH3 is 1. The minimum absolute atomic E-state index is 0.126. The van der Waals surface area contributed by atoms with Crippen molar-refractivity contribution >= 4 is 45.5 Å². The SMILES string of the molecule is COc1ccccc1Nc1nnc(S[C@@H]2CCN(c3ccccc3)C2=O)s1. The third kappa shape index (κ3) is 3.91. The Balaban J connectivity index is 1.42. The van der Waals surface area contributed by atoms with Crippen molar-refractivity contribution in [2.45, 2.75) is 16.0 Å². The average Bonchev–Trinajstić information content (AvgIpc) is 3.30. The van der Waals surface area contributed by atoms with E-state index in [9.17, 15) is 4.79 Å². The van der Waals surface area contributed by atoms with Crippen molar-refractivity contribution in [3.63, 3.8) is 0 Å². The number of aromatic nitrogens is 2. The van der Waals surface area contributed by atoms with Crippen LogP contribution < -0.4 is 15.0 Å². The highest BCUT2D eigenvalue weighted by Gasteiger charge is 2.34. The monoisotopic (exact) mass is 398 g/mol. The first kappa shape index (κ1) is 17.8. The number of nitrogens with zero attached hydrogens (tertiary/aromatic N) is 3. The fraction of sp³-hybridized carbons (Fsp3) is 0.211. The predicted molar refractivity (Wildman–Crippen MR) is 109 cm³/mol. The molecule has 1 N–H and O–H groups in total. The van der Waals surface area contributed by atoms with Crippen LogP contribution >= 0.6 is 23.1 Å². The van der Waals surface area contributed by atoms with Gasteiger partial charge in [-0.15, -0.1) is 10.2 Å². The number of benzene rings is 2. The van der Waals surface area contributed by atoms with Crippen LogP contribution in [0.15, 0.2) is 58.9 Å². The molecule has 1 aliphatic heterocycles. The number of carbonyl (C=O) groups excluding carboxylic acids is 1. The van der Waals surface area contributed by atoms with Gasteiger partial charge in [0.05, 0.1) is 18.0 Å². The van der Waals surface area contributed by atoms with E-state index < -0.39 is 0 Å². The molecule has 4 rings (SSSR count). The maximum absolute atomic E-state index is 12.7. The number of hydrogen-bond acceptors (Lipinski definition) is 7. The molecule has 8 heteroatoms. The van der Waals surface area contributed by atoms with E-state index in [1.54, 1.807) is 7.11 Å². The quantitative estimate of drug-likeness (QED) is 0.672. The molecule has 1 aliphatic rings. The van der Waals surface area contributed by atoms with Gasteiger partial charge in [-0.05, 0) is 30.7 Å². The molecule has 0 bridgehead atoms. The Labute approximate surface area is 165 Å². The summed E-state index contributed by atoms with van der Waals surface area (Å²) in [5.41, 5.74) is 1.78. The topological polar surface area (TPSA) is 67.3 Å². The van der Waals surface area contributed by atoms with E-state index in [4.69, 9.17) is 4.74 Å². The zero-order valence-electron chi connectivity index (χ0n) is 14.7. The summed E-state index contributed by atoms with van der Waals surface area (Å²) in [6, 6.07) is 17.4. The third-order valence-electron chi connectivity index (χ3n) is 4.22. The van der Waals surface area contributed by atoms with E-state index in [0.717, 1.165) is 34.4 Å². The number of hydrogen-bond donors (Lipinski definition) is 1. The van der Waals surface area contributed by atoms with Crippen LogP contribution in [0.4, 0.5) is 16.5 Å². The van der Waals surface area contributed by atoms with Crippen molar-refractivity contribution in [3.8, 4) is 5.75 Å². The smallest absolute Gasteiger partial charge is 0.240 e. The van der Waals surface area contributed by atoms with Crippen LogP contribution in [0, 0.1) is 0 Å². The highest BCUT2D eigenvalue weighted by Crippen LogP contribution is 2.37. The summed E-state index contributed by atoms with van der Waals surface area (Å²) in [5, 5.41) is 12.2. The van der Waals surface area contributed by atoms with Crippen LogP contribution in [0.3, 0.4) is 0 Å². The molecule has 6 nitrogen and oxygen atoms in total. The number of anilines is 3. The van der Waals surface area contributed by atoms with Gasteiger partial charge in [-0.25, -0.2) is 0 Å². The summed E-state index contributed by atoms with van der Waals surface area (Å²) < 4.78 is 6.12. The first-order valence-electron chi connectivity index (χ1n) is 8.51. The fourth-order valence-corrected chi connectivity index (χ4v) is 4.97. The molecule has 0 unspecified atom stereocenters. The van der Waals surface area contributed by atoms with Crippen molar-refractivity contribution in [1.29, 1.82) is 0 Å². The van der Waals surface area contributed by atoms with Crippen LogP contribution in [0.25, 0.3) is 0 Å². The number of nitrogens with one attached hydrogen (secondary N) is 1. The van der Waals surface area contributed by atoms with Crippen LogP contribution in [0.1, 0.15) is 6.42 Å². The van der Waals surface area contributed by atoms with E-state index in [-0.39, 0.29) is 11.2 Å². The average molecular weight is 399 g/mol. The Bertz CT molecular complexity index is 932. The van der Waals surface area contributed by atoms with Gasteiger partial charge in [0, 0.05) is 12.2 Å². The van der Waals surface area contributed by atoms with E-state index in [2.05, 4.69) is 15.5 Å². The Morgan fingerprint density at radius 2 is 1.93 bits per heavy atom. The van der Waals surface area contributed by atoms with Gasteiger partial charge in [0.2, 0.25) is 11.0 Å². The zero-order valence-corrected chi connectivity index (χ0v) is 16.3. The lowest BCUT2D eigenvalue weighted by molar-refractivity contribution is -0.116. The maximum atomic E-state index is 12.7. The molecular formula is C19H18N4O2S2. The number of para-hydroxylation sites is 3. The molecule has 0 radical (unpaired) electrons. The number of thioether (sulfide) groups is 1. The Morgan fingerprint density at radius 1 is 1.15 bits per heavy atom. The van der Waals surface area contributed by atoms with Crippen molar-refractivity contribution in [3.05, 3.63) is 54.6 Å². The summed E-state index contributed by atoms with van der Waals surface area (Å²) in [7, 11) is 1.63. The number of rotatable bonds is 6. The standard InChI is InChI=1S/C19H18N4O2S2/c1-25-15-10-6-5-9-14(15)20-18-21-22-19(27-18)26-16-11-12-23(17(16)24)13-7-3-2-4-8-13/h2-10,16H,11-12H2,1H3,(H,20,21)/t16-/m1/s1. The van der Waals surface area contributed by atoms with Gasteiger partial charge in [-0.3, -0.25) is 4.79 Å². The molecule has 1 aromatic heterocycles. The molecule has 0 aliphatic carbocycles. The minimum Gasteiger partial charge on any atom is -0.495 e. The normalized spacial score (nSPS) is 16.6. The number of ether oxygens (including phenoxy) is 1. The second-order valence-corrected chi connectivity index (χ2v) is 8.35. The Hall–Kier alpha value is -2.58. The fourth-order valence-electron chi connectivity index (χ4n) is 2.92. The van der Waals surface area contributed by atoms with Crippen LogP contribution in [0.2, 0.25) is 0 Å². The highest BCUT2D eigenvalue weighted by molar-refractivity contribution is 8.02. The third-order valence-corrected chi connectivity index (χ3v) is 6.40. The van der Waals surface area contributed by atoms with E-state index >= 15 is 0 Å². The van der Waals surface area contributed by atoms with Crippen molar-refractivity contribution in [1.82, 2.24) is 10.2 Å². The van der Waals surface area contributed by atoms with Gasteiger partial charge in [-0.2, -0.15) is 0 Å². The van der Waals surface area contributed by atoms with E-state index in [1.165, 1.54) is 23.1 Å². The Kier molecular flexibility index (Phi) is 5.26. The molecule has 0 spiro atoms. The Morgan fingerprint density at radius 3 is 2.74 bits per heavy atom. The summed E-state index contributed by atoms with van der Waals surface area (Å²) >= 11 is 2.92. The molecule has 1 atom stereocenters. The number of amides is 1. The van der Waals surface area contributed by atoms with Gasteiger partial charge < -0.3 is 15.0 Å². The number of carbonyl (C=O) groups is 1. The van der Waals surface area contributed by atoms with Gasteiger partial charge in [-0.1, -0.05) is 53.4 Å². The molecular weight excluding hydrogens is 380 g/mol. The van der Waals surface area contributed by atoms with Gasteiger partial charge in [0.15, 0.2) is 4.34 Å². The highest BCUT2D eigenvalue weighted by atomic mass is 32.2. The van der Waals surface area contributed by atoms with Gasteiger partial charge in [0.25, 0.3) is 0 Å². The summed E-state index contributed by atoms with van der Waals surface area (Å²) in [4.78, 5) is 14.6. The molecule has 1 saturated heterocycles. The first-order valence-corrected chi connectivity index (χ1v) is 10.2. The molecule has 3 aromatic rings. The molecule has 1 fully saturated rings. The first-order chi connectivity index (χ1) is 13.2. The van der Waals surface area contributed by atoms with Gasteiger partial charge in [0.1, 0.15) is 5.75 Å². The summed E-state index contributed by atoms with van der Waals surface area (Å²) in [5.74, 6) is 0.868. The predicted octanol–water partition coefficient (Wildman–Crippen LogP) is 4.19. The summed E-state index contributed by atoms with van der Waals surface area (Å²) in [6.45, 7) is 0.728. The lowest BCUT2D eigenvalue weighted by atomic mass is 10.3. The largest absolute Gasteiger partial charge is 0.495 e. The molecule has 138 valence electrons. The van der Waals surface area contributed by atoms with E-state index in [1.807, 2.05) is 59.5 Å². The van der Waals surface area contributed by atoms with E-state index in [0.29, 0.717) is 5.13 Å². The van der Waals surface area contributed by atoms with Crippen molar-refractivity contribution < 1.29 is 9.53 Å². The van der Waals surface area contributed by atoms with Crippen molar-refractivity contribution in [2.24, 2.45) is 0 Å². The van der Waals surface area contributed by atoms with Gasteiger partial charge >= 0.3 is 0 Å². The maximum Gasteiger partial charge on any atom is 0.240 e. The second-order valence-electron chi connectivity index (χ2n) is 5.92. The molecule has 0 saturated carbocycles. The molecule has 2 aromatic carbocycles. The molecule has 1 amide bonds. The molecule has 27 heavy (non-hydrogen) atoms. The van der Waals surface area contributed by atoms with Crippen molar-refractivity contribution in [2.75, 3.05) is 23.9 Å². The lowest BCUT2D eigenvalue weighted by Crippen LogP contribution is -2.27. The zero-order chi connectivity index (χ0) is 18.6. The minimum atomic E-state index is -0.128. The second kappa shape index (κ2) is 7.98. The summed E-state index contributed by atoms with van der Waals surface area (Å²) in [6.07, 6.45) is 0.799. The lowest BCUT2D eigenvalue weighted by Gasteiger charge is -2.16. The van der Waals surface area contributed by atoms with Crippen LogP contribution in [0.5, 0.6) is 5.75 Å².